The molecule has 29 heavy (non-hydrogen) atoms. The molecule has 2 aromatic rings. The van der Waals surface area contributed by atoms with Gasteiger partial charge in [0.25, 0.3) is 5.91 Å². The number of carbonyl (C=O) groups excluding carboxylic acids is 1. The van der Waals surface area contributed by atoms with Crippen LogP contribution in [0.25, 0.3) is 0 Å². The molecule has 0 unspecified atom stereocenters. The molecule has 3 rings (SSSR count). The lowest BCUT2D eigenvalue weighted by Gasteiger charge is -2.35. The van der Waals surface area contributed by atoms with Crippen molar-refractivity contribution in [1.82, 2.24) is 9.80 Å². The van der Waals surface area contributed by atoms with Gasteiger partial charge in [-0.2, -0.15) is 0 Å². The molecule has 0 saturated carbocycles. The van der Waals surface area contributed by atoms with Crippen molar-refractivity contribution in [1.29, 1.82) is 0 Å². The van der Waals surface area contributed by atoms with Crippen LogP contribution in [0.1, 0.15) is 29.8 Å². The zero-order valence-corrected chi connectivity index (χ0v) is 18.0. The van der Waals surface area contributed by atoms with Crippen LogP contribution < -0.4 is 0 Å². The number of sulfone groups is 1. The zero-order valence-electron chi connectivity index (χ0n) is 16.4. The van der Waals surface area contributed by atoms with Crippen LogP contribution in [0.2, 0.25) is 5.02 Å². The molecule has 1 amide bonds. The molecule has 0 spiro atoms. The molecule has 5 nitrogen and oxygen atoms in total. The molecule has 1 aliphatic rings. The summed E-state index contributed by atoms with van der Waals surface area (Å²) in [6.07, 6.45) is 0. The summed E-state index contributed by atoms with van der Waals surface area (Å²) in [7, 11) is -3.35. The highest BCUT2D eigenvalue weighted by molar-refractivity contribution is 7.92. The number of carbonyl (C=O) groups is 1. The molecule has 1 saturated heterocycles. The zero-order chi connectivity index (χ0) is 21.2. The Kier molecular flexibility index (Phi) is 6.61. The monoisotopic (exact) mass is 438 g/mol. The largest absolute Gasteiger partial charge is 0.336 e. The van der Waals surface area contributed by atoms with E-state index >= 15 is 0 Å². The van der Waals surface area contributed by atoms with Gasteiger partial charge in [0.15, 0.2) is 9.84 Å². The normalized spacial score (nSPS) is 15.7. The van der Waals surface area contributed by atoms with E-state index in [-0.39, 0.29) is 16.6 Å². The van der Waals surface area contributed by atoms with Crippen molar-refractivity contribution in [3.8, 4) is 0 Å². The molecular weight excluding hydrogens is 415 g/mol. The van der Waals surface area contributed by atoms with Gasteiger partial charge < -0.3 is 4.90 Å². The first kappa shape index (κ1) is 21.7. The van der Waals surface area contributed by atoms with Crippen LogP contribution in [0.4, 0.5) is 4.39 Å². The van der Waals surface area contributed by atoms with Gasteiger partial charge in [-0.1, -0.05) is 17.7 Å². The second-order valence-electron chi connectivity index (χ2n) is 7.42. The second kappa shape index (κ2) is 8.81. The van der Waals surface area contributed by atoms with Gasteiger partial charge >= 0.3 is 0 Å². The van der Waals surface area contributed by atoms with E-state index < -0.39 is 15.1 Å². The first-order valence-corrected chi connectivity index (χ1v) is 11.4. The summed E-state index contributed by atoms with van der Waals surface area (Å²) in [6, 6.07) is 10.5. The van der Waals surface area contributed by atoms with Crippen molar-refractivity contribution in [2.24, 2.45) is 0 Å². The summed E-state index contributed by atoms with van der Waals surface area (Å²) >= 11 is 6.10. The van der Waals surface area contributed by atoms with Crippen LogP contribution >= 0.6 is 11.6 Å². The van der Waals surface area contributed by atoms with Crippen molar-refractivity contribution < 1.29 is 17.6 Å². The van der Waals surface area contributed by atoms with E-state index in [0.717, 1.165) is 5.56 Å². The quantitative estimate of drug-likeness (QED) is 0.715. The van der Waals surface area contributed by atoms with Crippen LogP contribution in [0, 0.1) is 5.82 Å². The Morgan fingerprint density at radius 3 is 2.24 bits per heavy atom. The van der Waals surface area contributed by atoms with E-state index in [0.29, 0.717) is 43.3 Å². The lowest BCUT2D eigenvalue weighted by atomic mass is 10.1. The molecule has 8 heteroatoms. The molecule has 0 radical (unpaired) electrons. The molecular formula is C21H24ClFN2O3S. The first-order chi connectivity index (χ1) is 13.7. The molecule has 1 fully saturated rings. The average Bonchev–Trinajstić information content (AvgIpc) is 2.70. The van der Waals surface area contributed by atoms with Crippen LogP contribution in [-0.2, 0) is 16.4 Å². The fraction of sp³-hybridized carbons (Fsp3) is 0.381. The van der Waals surface area contributed by atoms with Gasteiger partial charge in [0.1, 0.15) is 5.82 Å². The van der Waals surface area contributed by atoms with E-state index in [4.69, 9.17) is 11.6 Å². The maximum atomic E-state index is 13.2. The van der Waals surface area contributed by atoms with Crippen molar-refractivity contribution in [3.05, 3.63) is 64.4 Å². The van der Waals surface area contributed by atoms with Crippen molar-refractivity contribution in [2.45, 2.75) is 30.5 Å². The first-order valence-electron chi connectivity index (χ1n) is 9.48. The highest BCUT2D eigenvalue weighted by atomic mass is 35.5. The van der Waals surface area contributed by atoms with Gasteiger partial charge in [0.05, 0.1) is 10.1 Å². The maximum Gasteiger partial charge on any atom is 0.253 e. The fourth-order valence-corrected chi connectivity index (χ4v) is 4.53. The minimum absolute atomic E-state index is 0.113. The lowest BCUT2D eigenvalue weighted by Crippen LogP contribution is -2.48. The predicted octanol–water partition coefficient (Wildman–Crippen LogP) is 3.62. The third-order valence-corrected chi connectivity index (χ3v) is 7.64. The summed E-state index contributed by atoms with van der Waals surface area (Å²) in [5.41, 5.74) is 1.33. The number of rotatable bonds is 5. The molecule has 156 valence electrons. The molecule has 1 heterocycles. The van der Waals surface area contributed by atoms with E-state index in [9.17, 15) is 17.6 Å². The predicted molar refractivity (Wildman–Crippen MR) is 111 cm³/mol. The number of piperazine rings is 1. The molecule has 0 aliphatic carbocycles. The number of hydrogen-bond donors (Lipinski definition) is 0. The molecule has 2 aromatic carbocycles. The SMILES string of the molecule is CC(C)S(=O)(=O)c1ccc(C(=O)N2CCN(Cc3ccc(F)cc3Cl)CC2)cc1. The van der Waals surface area contributed by atoms with E-state index in [2.05, 4.69) is 4.90 Å². The Bertz CT molecular complexity index is 985. The topological polar surface area (TPSA) is 57.7 Å². The van der Waals surface area contributed by atoms with Gasteiger partial charge in [0, 0.05) is 43.3 Å². The number of hydrogen-bond acceptors (Lipinski definition) is 4. The molecule has 0 aromatic heterocycles. The highest BCUT2D eigenvalue weighted by Gasteiger charge is 2.24. The fourth-order valence-electron chi connectivity index (χ4n) is 3.24. The molecule has 0 N–H and O–H groups in total. The Morgan fingerprint density at radius 2 is 1.69 bits per heavy atom. The standard InChI is InChI=1S/C21H24ClFN2O3S/c1-15(2)29(27,28)19-7-4-16(5-8-19)21(26)25-11-9-24(10-12-25)14-17-3-6-18(23)13-20(17)22/h3-8,13,15H,9-12,14H2,1-2H3. The number of benzene rings is 2. The maximum absolute atomic E-state index is 13.2. The summed E-state index contributed by atoms with van der Waals surface area (Å²) < 4.78 is 37.6. The van der Waals surface area contributed by atoms with Crippen LogP contribution in [-0.4, -0.2) is 55.6 Å². The third kappa shape index (κ3) is 4.97. The Labute approximate surface area is 176 Å². The molecule has 1 aliphatic heterocycles. The summed E-state index contributed by atoms with van der Waals surface area (Å²) in [5, 5.41) is -0.105. The Morgan fingerprint density at radius 1 is 1.07 bits per heavy atom. The second-order valence-corrected chi connectivity index (χ2v) is 10.3. The summed E-state index contributed by atoms with van der Waals surface area (Å²) in [4.78, 5) is 16.9. The highest BCUT2D eigenvalue weighted by Crippen LogP contribution is 2.21. The van der Waals surface area contributed by atoms with Crippen molar-refractivity contribution in [2.75, 3.05) is 26.2 Å². The van der Waals surface area contributed by atoms with E-state index in [1.54, 1.807) is 36.9 Å². The van der Waals surface area contributed by atoms with E-state index in [1.165, 1.54) is 24.3 Å². The lowest BCUT2D eigenvalue weighted by molar-refractivity contribution is 0.0628. The number of halogens is 2. The average molecular weight is 439 g/mol. The van der Waals surface area contributed by atoms with Crippen LogP contribution in [0.15, 0.2) is 47.4 Å². The minimum atomic E-state index is -3.35. The van der Waals surface area contributed by atoms with Gasteiger partial charge in [-0.05, 0) is 55.8 Å². The molecule has 0 atom stereocenters. The summed E-state index contributed by atoms with van der Waals surface area (Å²) in [5.74, 6) is -0.473. The van der Waals surface area contributed by atoms with Crippen molar-refractivity contribution in [3.63, 3.8) is 0 Å². The Hall–Kier alpha value is -1.96. The van der Waals surface area contributed by atoms with Crippen LogP contribution in [0.3, 0.4) is 0 Å². The minimum Gasteiger partial charge on any atom is -0.336 e. The molecule has 0 bridgehead atoms. The number of amides is 1. The van der Waals surface area contributed by atoms with Crippen molar-refractivity contribution >= 4 is 27.3 Å². The summed E-state index contributed by atoms with van der Waals surface area (Å²) in [6.45, 7) is 6.34. The number of nitrogens with zero attached hydrogens (tertiary/aromatic N) is 2. The third-order valence-electron chi connectivity index (χ3n) is 5.12. The van der Waals surface area contributed by atoms with Gasteiger partial charge in [-0.25, -0.2) is 12.8 Å². The Balaban J connectivity index is 1.60. The van der Waals surface area contributed by atoms with Gasteiger partial charge in [-0.3, -0.25) is 9.69 Å². The van der Waals surface area contributed by atoms with Crippen LogP contribution in [0.5, 0.6) is 0 Å². The van der Waals surface area contributed by atoms with Gasteiger partial charge in [0.2, 0.25) is 0 Å². The van der Waals surface area contributed by atoms with Gasteiger partial charge in [-0.15, -0.1) is 0 Å². The van der Waals surface area contributed by atoms with E-state index in [1.807, 2.05) is 0 Å². The smallest absolute Gasteiger partial charge is 0.253 e.